The van der Waals surface area contributed by atoms with Gasteiger partial charge in [0.25, 0.3) is 0 Å². The number of rotatable bonds is 8. The number of halogens is 1. The van der Waals surface area contributed by atoms with Crippen LogP contribution in [0, 0.1) is 12.8 Å². The highest BCUT2D eigenvalue weighted by molar-refractivity contribution is 6.08. The third-order valence-corrected chi connectivity index (χ3v) is 5.15. The van der Waals surface area contributed by atoms with Crippen LogP contribution in [-0.4, -0.2) is 11.2 Å². The summed E-state index contributed by atoms with van der Waals surface area (Å²) in [4.78, 5) is 0. The van der Waals surface area contributed by atoms with Crippen molar-refractivity contribution in [3.05, 3.63) is 36.2 Å². The van der Waals surface area contributed by atoms with Gasteiger partial charge in [0.2, 0.25) is 5.69 Å². The van der Waals surface area contributed by atoms with Crippen molar-refractivity contribution >= 4 is 21.8 Å². The Morgan fingerprint density at radius 3 is 2.52 bits per heavy atom. The molecule has 2 aromatic heterocycles. The van der Waals surface area contributed by atoms with E-state index >= 15 is 0 Å². The lowest BCUT2D eigenvalue weighted by atomic mass is 10.1. The quantitative estimate of drug-likeness (QED) is 0.500. The van der Waals surface area contributed by atoms with Crippen molar-refractivity contribution in [3.8, 4) is 5.75 Å². The van der Waals surface area contributed by atoms with Gasteiger partial charge in [-0.2, -0.15) is 0 Å². The van der Waals surface area contributed by atoms with E-state index in [1.54, 1.807) is 0 Å². The summed E-state index contributed by atoms with van der Waals surface area (Å²) in [6.07, 6.45) is 5.61. The molecule has 148 valence electrons. The molecule has 0 amide bonds. The Morgan fingerprint density at radius 1 is 1.07 bits per heavy atom. The molecule has 3 nitrogen and oxygen atoms in total. The molecular formula is C23H33BrN2O. The molecule has 0 aliphatic rings. The predicted octanol–water partition coefficient (Wildman–Crippen LogP) is 2.64. The molecule has 0 saturated carbocycles. The lowest BCUT2D eigenvalue weighted by Crippen LogP contribution is -3.00. The van der Waals surface area contributed by atoms with Gasteiger partial charge in [-0.3, -0.25) is 0 Å². The molecule has 0 N–H and O–H groups in total. The van der Waals surface area contributed by atoms with Gasteiger partial charge in [-0.15, -0.1) is 0 Å². The fourth-order valence-corrected chi connectivity index (χ4v) is 3.77. The Labute approximate surface area is 174 Å². The van der Waals surface area contributed by atoms with Gasteiger partial charge in [-0.1, -0.05) is 27.7 Å². The summed E-state index contributed by atoms with van der Waals surface area (Å²) in [6.45, 7) is 14.1. The zero-order valence-corrected chi connectivity index (χ0v) is 19.0. The maximum atomic E-state index is 6.03. The average molecular weight is 433 g/mol. The van der Waals surface area contributed by atoms with Crippen molar-refractivity contribution in [1.29, 1.82) is 0 Å². The van der Waals surface area contributed by atoms with Crippen LogP contribution in [0.3, 0.4) is 0 Å². The molecule has 3 aromatic rings. The van der Waals surface area contributed by atoms with Crippen LogP contribution >= 0.6 is 0 Å². The Hall–Kier alpha value is -1.55. The minimum absolute atomic E-state index is 0. The van der Waals surface area contributed by atoms with Gasteiger partial charge in [0.1, 0.15) is 17.8 Å². The zero-order chi connectivity index (χ0) is 18.7. The highest BCUT2D eigenvalue weighted by Gasteiger charge is 2.19. The molecule has 4 heteroatoms. The van der Waals surface area contributed by atoms with Gasteiger partial charge in [-0.05, 0) is 30.9 Å². The van der Waals surface area contributed by atoms with Crippen LogP contribution in [0.4, 0.5) is 0 Å². The lowest BCUT2D eigenvalue weighted by Gasteiger charge is -2.10. The molecule has 0 saturated heterocycles. The van der Waals surface area contributed by atoms with Crippen molar-refractivity contribution in [1.82, 2.24) is 4.57 Å². The normalized spacial score (nSPS) is 11.3. The van der Waals surface area contributed by atoms with Crippen LogP contribution in [-0.2, 0) is 13.1 Å². The molecular weight excluding hydrogens is 400 g/mol. The van der Waals surface area contributed by atoms with Crippen LogP contribution in [0.15, 0.2) is 30.5 Å². The molecule has 0 aliphatic carbocycles. The Bertz CT molecular complexity index is 898. The van der Waals surface area contributed by atoms with Gasteiger partial charge in [0.15, 0.2) is 6.20 Å². The molecule has 2 heterocycles. The molecule has 0 spiro atoms. The van der Waals surface area contributed by atoms with E-state index in [1.165, 1.54) is 27.5 Å². The van der Waals surface area contributed by atoms with E-state index in [9.17, 15) is 0 Å². The Morgan fingerprint density at radius 2 is 1.85 bits per heavy atom. The fourth-order valence-electron chi connectivity index (χ4n) is 3.77. The van der Waals surface area contributed by atoms with E-state index in [0.29, 0.717) is 5.92 Å². The van der Waals surface area contributed by atoms with Gasteiger partial charge in [-0.25, -0.2) is 4.57 Å². The number of hydrogen-bond donors (Lipinski definition) is 0. The maximum Gasteiger partial charge on any atom is 0.202 e. The van der Waals surface area contributed by atoms with Gasteiger partial charge in [0.05, 0.1) is 12.1 Å². The predicted molar refractivity (Wildman–Crippen MR) is 110 cm³/mol. The van der Waals surface area contributed by atoms with Crippen LogP contribution in [0.25, 0.3) is 21.8 Å². The summed E-state index contributed by atoms with van der Waals surface area (Å²) in [6, 6.07) is 8.87. The largest absolute Gasteiger partial charge is 1.00 e. The van der Waals surface area contributed by atoms with Gasteiger partial charge in [0, 0.05) is 42.8 Å². The first-order chi connectivity index (χ1) is 12.6. The second-order valence-electron chi connectivity index (χ2n) is 7.72. The van der Waals surface area contributed by atoms with E-state index in [0.717, 1.165) is 44.7 Å². The number of ether oxygens (including phenoxy) is 1. The minimum Gasteiger partial charge on any atom is -1.00 e. The van der Waals surface area contributed by atoms with Crippen LogP contribution in [0.2, 0.25) is 0 Å². The third-order valence-electron chi connectivity index (χ3n) is 5.15. The number of aryl methyl sites for hydroxylation is 3. The summed E-state index contributed by atoms with van der Waals surface area (Å²) in [5.41, 5.74) is 4.02. The smallest absolute Gasteiger partial charge is 0.202 e. The number of pyridine rings is 1. The minimum atomic E-state index is 0. The molecule has 0 aliphatic heterocycles. The molecule has 3 rings (SSSR count). The molecule has 0 radical (unpaired) electrons. The van der Waals surface area contributed by atoms with E-state index in [1.807, 2.05) is 0 Å². The van der Waals surface area contributed by atoms with E-state index in [4.69, 9.17) is 4.74 Å². The Balaban J connectivity index is 0.00000261. The van der Waals surface area contributed by atoms with Crippen molar-refractivity contribution in [2.24, 2.45) is 5.92 Å². The first-order valence-corrected chi connectivity index (χ1v) is 10.1. The second kappa shape index (κ2) is 9.59. The number of nitrogens with zero attached hydrogens (tertiary/aromatic N) is 2. The van der Waals surface area contributed by atoms with Gasteiger partial charge >= 0.3 is 0 Å². The highest BCUT2D eigenvalue weighted by Crippen LogP contribution is 2.32. The van der Waals surface area contributed by atoms with Crippen molar-refractivity contribution in [2.75, 3.05) is 6.61 Å². The first-order valence-electron chi connectivity index (χ1n) is 10.1. The van der Waals surface area contributed by atoms with Crippen LogP contribution in [0.1, 0.15) is 52.7 Å². The molecule has 27 heavy (non-hydrogen) atoms. The third kappa shape index (κ3) is 4.48. The molecule has 1 aromatic carbocycles. The Kier molecular flexibility index (Phi) is 7.72. The molecule has 0 unspecified atom stereocenters. The van der Waals surface area contributed by atoms with E-state index < -0.39 is 0 Å². The van der Waals surface area contributed by atoms with Crippen molar-refractivity contribution in [3.63, 3.8) is 0 Å². The zero-order valence-electron chi connectivity index (χ0n) is 17.4. The first kappa shape index (κ1) is 21.7. The highest BCUT2D eigenvalue weighted by atomic mass is 79.9. The summed E-state index contributed by atoms with van der Waals surface area (Å²) >= 11 is 0. The van der Waals surface area contributed by atoms with Crippen molar-refractivity contribution in [2.45, 2.75) is 67.0 Å². The second-order valence-corrected chi connectivity index (χ2v) is 7.72. The summed E-state index contributed by atoms with van der Waals surface area (Å²) in [5.74, 6) is 1.65. The fraction of sp³-hybridized carbons (Fsp3) is 0.522. The van der Waals surface area contributed by atoms with E-state index in [2.05, 4.69) is 74.2 Å². The number of aromatic nitrogens is 2. The number of hydrogen-bond acceptors (Lipinski definition) is 1. The van der Waals surface area contributed by atoms with Gasteiger partial charge < -0.3 is 26.3 Å². The molecule has 0 atom stereocenters. The topological polar surface area (TPSA) is 18.0 Å². The monoisotopic (exact) mass is 432 g/mol. The molecule has 0 fully saturated rings. The summed E-state index contributed by atoms with van der Waals surface area (Å²) in [7, 11) is 0. The lowest BCUT2D eigenvalue weighted by molar-refractivity contribution is -0.701. The standard InChI is InChI=1S/C23H33N2O.BrH/c1-6-12-24-14-10-21-20-9-8-19(26-15-11-17(3)4)16-22(20)25(13-7-2)23(21)18(24)5;/h8-10,14,16-17H,6-7,11-13,15H2,1-5H3;1H/q+1;/p-1. The number of fused-ring (bicyclic) bond motifs is 3. The number of benzene rings is 1. The average Bonchev–Trinajstić information content (AvgIpc) is 2.92. The van der Waals surface area contributed by atoms with Crippen molar-refractivity contribution < 1.29 is 26.3 Å². The van der Waals surface area contributed by atoms with E-state index in [-0.39, 0.29) is 17.0 Å². The SMILES string of the molecule is CCCn1c2cc(OCCC(C)C)ccc2c2cc[n+](CCC)c(C)c21.[Br-]. The van der Waals surface area contributed by atoms with Crippen LogP contribution in [0.5, 0.6) is 5.75 Å². The summed E-state index contributed by atoms with van der Waals surface area (Å²) in [5, 5.41) is 2.68. The molecule has 0 bridgehead atoms. The summed E-state index contributed by atoms with van der Waals surface area (Å²) < 4.78 is 10.9. The van der Waals surface area contributed by atoms with Crippen LogP contribution < -0.4 is 26.3 Å². The maximum absolute atomic E-state index is 6.03.